The van der Waals surface area contributed by atoms with Crippen molar-refractivity contribution >= 4 is 11.5 Å². The van der Waals surface area contributed by atoms with Gasteiger partial charge in [-0.15, -0.1) is 5.10 Å². The second kappa shape index (κ2) is 4.98. The Morgan fingerprint density at radius 3 is 2.63 bits per heavy atom. The van der Waals surface area contributed by atoms with E-state index in [1.165, 1.54) is 6.07 Å². The van der Waals surface area contributed by atoms with Crippen LogP contribution >= 0.6 is 11.5 Å². The Morgan fingerprint density at radius 2 is 2.00 bits per heavy atom. The minimum Gasteiger partial charge on any atom is -0.383 e. The molecule has 0 saturated carbocycles. The Balaban J connectivity index is 2.48. The van der Waals surface area contributed by atoms with E-state index in [4.69, 9.17) is 0 Å². The number of hydrogen-bond acceptors (Lipinski definition) is 4. The van der Waals surface area contributed by atoms with Gasteiger partial charge in [0.05, 0.1) is 10.6 Å². The van der Waals surface area contributed by atoms with E-state index in [0.717, 1.165) is 17.1 Å². The van der Waals surface area contributed by atoms with Crippen LogP contribution in [0.4, 0.5) is 4.39 Å². The minimum atomic E-state index is -1.02. The fourth-order valence-corrected chi connectivity index (χ4v) is 2.78. The zero-order valence-corrected chi connectivity index (χ0v) is 12.3. The van der Waals surface area contributed by atoms with Gasteiger partial charge in [-0.05, 0) is 24.5 Å². The highest BCUT2D eigenvalue weighted by Gasteiger charge is 2.28. The summed E-state index contributed by atoms with van der Waals surface area (Å²) in [4.78, 5) is 0.608. The van der Waals surface area contributed by atoms with Crippen LogP contribution in [0.2, 0.25) is 0 Å². The standard InChI is InChI=1S/C14H17FN2OS/c1-8-5-6-10(15)9(7-8)11(18)12-13(14(2,3)4)16-17-19-12/h5-7,11,18H,1-4H3. The summed E-state index contributed by atoms with van der Waals surface area (Å²) in [6.45, 7) is 7.84. The average Bonchev–Trinajstić information content (AvgIpc) is 2.80. The van der Waals surface area contributed by atoms with Gasteiger partial charge in [0.25, 0.3) is 0 Å². The number of benzene rings is 1. The third-order valence-corrected chi connectivity index (χ3v) is 3.69. The van der Waals surface area contributed by atoms with E-state index in [-0.39, 0.29) is 11.0 Å². The van der Waals surface area contributed by atoms with Crippen LogP contribution in [0.3, 0.4) is 0 Å². The van der Waals surface area contributed by atoms with Crippen LogP contribution in [-0.4, -0.2) is 14.7 Å². The lowest BCUT2D eigenvalue weighted by Crippen LogP contribution is -2.16. The summed E-state index contributed by atoms with van der Waals surface area (Å²) in [5.41, 5.74) is 1.66. The van der Waals surface area contributed by atoms with Crippen molar-refractivity contribution in [2.75, 3.05) is 0 Å². The van der Waals surface area contributed by atoms with Gasteiger partial charge in [-0.2, -0.15) is 0 Å². The first kappa shape index (κ1) is 14.1. The smallest absolute Gasteiger partial charge is 0.129 e. The first-order valence-corrected chi connectivity index (χ1v) is 6.85. The van der Waals surface area contributed by atoms with Crippen molar-refractivity contribution in [3.63, 3.8) is 0 Å². The number of aliphatic hydroxyl groups excluding tert-OH is 1. The number of aromatic nitrogens is 2. The normalized spacial score (nSPS) is 13.6. The summed E-state index contributed by atoms with van der Waals surface area (Å²) >= 11 is 1.12. The van der Waals surface area contributed by atoms with Gasteiger partial charge in [-0.3, -0.25) is 0 Å². The molecule has 1 unspecified atom stereocenters. The maximum Gasteiger partial charge on any atom is 0.129 e. The van der Waals surface area contributed by atoms with E-state index in [1.54, 1.807) is 12.1 Å². The quantitative estimate of drug-likeness (QED) is 0.917. The van der Waals surface area contributed by atoms with Crippen molar-refractivity contribution in [3.05, 3.63) is 45.7 Å². The molecule has 1 heterocycles. The van der Waals surface area contributed by atoms with Gasteiger partial charge in [0.1, 0.15) is 11.9 Å². The number of aryl methyl sites for hydroxylation is 1. The average molecular weight is 280 g/mol. The molecule has 2 rings (SSSR count). The second-order valence-electron chi connectivity index (χ2n) is 5.66. The third-order valence-electron chi connectivity index (χ3n) is 2.92. The monoisotopic (exact) mass is 280 g/mol. The van der Waals surface area contributed by atoms with Gasteiger partial charge < -0.3 is 5.11 Å². The summed E-state index contributed by atoms with van der Waals surface area (Å²) in [6, 6.07) is 4.71. The molecule has 1 atom stereocenters. The van der Waals surface area contributed by atoms with E-state index in [2.05, 4.69) is 9.59 Å². The zero-order valence-electron chi connectivity index (χ0n) is 11.4. The lowest BCUT2D eigenvalue weighted by atomic mass is 9.89. The molecule has 3 nitrogen and oxygen atoms in total. The lowest BCUT2D eigenvalue weighted by Gasteiger charge is -2.19. The predicted octanol–water partition coefficient (Wildman–Crippen LogP) is 3.36. The highest BCUT2D eigenvalue weighted by Crippen LogP contribution is 2.34. The van der Waals surface area contributed by atoms with Crippen molar-refractivity contribution in [1.82, 2.24) is 9.59 Å². The largest absolute Gasteiger partial charge is 0.383 e. The summed E-state index contributed by atoms with van der Waals surface area (Å²) in [5, 5.41) is 14.5. The SMILES string of the molecule is Cc1ccc(F)c(C(O)c2snnc2C(C)(C)C)c1. The summed E-state index contributed by atoms with van der Waals surface area (Å²) in [6.07, 6.45) is -1.02. The molecule has 0 bridgehead atoms. The van der Waals surface area contributed by atoms with Crippen LogP contribution in [0.5, 0.6) is 0 Å². The van der Waals surface area contributed by atoms with Crippen LogP contribution < -0.4 is 0 Å². The Hall–Kier alpha value is -1.33. The highest BCUT2D eigenvalue weighted by atomic mass is 32.1. The van der Waals surface area contributed by atoms with E-state index in [0.29, 0.717) is 10.6 Å². The van der Waals surface area contributed by atoms with Gasteiger partial charge in [0.15, 0.2) is 0 Å². The summed E-state index contributed by atoms with van der Waals surface area (Å²) < 4.78 is 17.7. The number of halogens is 1. The minimum absolute atomic E-state index is 0.233. The number of hydrogen-bond donors (Lipinski definition) is 1. The molecule has 19 heavy (non-hydrogen) atoms. The molecule has 0 amide bonds. The molecule has 5 heteroatoms. The molecule has 0 spiro atoms. The van der Waals surface area contributed by atoms with Gasteiger partial charge in [0.2, 0.25) is 0 Å². The van der Waals surface area contributed by atoms with Crippen molar-refractivity contribution in [3.8, 4) is 0 Å². The van der Waals surface area contributed by atoms with Crippen molar-refractivity contribution in [1.29, 1.82) is 0 Å². The molecule has 1 aromatic carbocycles. The number of aliphatic hydroxyl groups is 1. The molecule has 2 aromatic rings. The Kier molecular flexibility index (Phi) is 3.69. The molecule has 102 valence electrons. The first-order chi connectivity index (χ1) is 8.80. The molecule has 0 saturated heterocycles. The van der Waals surface area contributed by atoms with Gasteiger partial charge in [0, 0.05) is 11.0 Å². The van der Waals surface area contributed by atoms with Crippen molar-refractivity contribution in [2.45, 2.75) is 39.2 Å². The summed E-state index contributed by atoms with van der Waals surface area (Å²) in [5.74, 6) is -0.411. The van der Waals surface area contributed by atoms with E-state index in [1.807, 2.05) is 27.7 Å². The molecule has 0 aliphatic heterocycles. The molecular weight excluding hydrogens is 263 g/mol. The van der Waals surface area contributed by atoms with Gasteiger partial charge >= 0.3 is 0 Å². The fraction of sp³-hybridized carbons (Fsp3) is 0.429. The number of nitrogens with zero attached hydrogens (tertiary/aromatic N) is 2. The Labute approximate surface area is 116 Å². The maximum atomic E-state index is 13.8. The topological polar surface area (TPSA) is 46.0 Å². The second-order valence-corrected chi connectivity index (χ2v) is 6.45. The molecule has 0 aliphatic carbocycles. The molecule has 1 N–H and O–H groups in total. The third kappa shape index (κ3) is 2.82. The number of rotatable bonds is 2. The molecular formula is C14H17FN2OS. The Morgan fingerprint density at radius 1 is 1.32 bits per heavy atom. The lowest BCUT2D eigenvalue weighted by molar-refractivity contribution is 0.215. The van der Waals surface area contributed by atoms with Crippen LogP contribution in [0.1, 0.15) is 48.6 Å². The Bertz CT molecular complexity index is 589. The van der Waals surface area contributed by atoms with Crippen LogP contribution in [-0.2, 0) is 5.41 Å². The maximum absolute atomic E-state index is 13.8. The van der Waals surface area contributed by atoms with Crippen LogP contribution in [0.25, 0.3) is 0 Å². The van der Waals surface area contributed by atoms with E-state index < -0.39 is 11.9 Å². The highest BCUT2D eigenvalue weighted by molar-refractivity contribution is 7.05. The van der Waals surface area contributed by atoms with Gasteiger partial charge in [-0.1, -0.05) is 43.0 Å². The molecule has 0 radical (unpaired) electrons. The van der Waals surface area contributed by atoms with E-state index in [9.17, 15) is 9.50 Å². The zero-order chi connectivity index (χ0) is 14.2. The van der Waals surface area contributed by atoms with Crippen molar-refractivity contribution in [2.24, 2.45) is 0 Å². The van der Waals surface area contributed by atoms with E-state index >= 15 is 0 Å². The van der Waals surface area contributed by atoms with Crippen LogP contribution in [0.15, 0.2) is 18.2 Å². The molecule has 0 fully saturated rings. The van der Waals surface area contributed by atoms with Gasteiger partial charge in [-0.25, -0.2) is 4.39 Å². The van der Waals surface area contributed by atoms with Crippen molar-refractivity contribution < 1.29 is 9.50 Å². The summed E-state index contributed by atoms with van der Waals surface area (Å²) in [7, 11) is 0. The predicted molar refractivity (Wildman–Crippen MR) is 73.8 cm³/mol. The molecule has 1 aromatic heterocycles. The fourth-order valence-electron chi connectivity index (χ4n) is 1.91. The van der Waals surface area contributed by atoms with Crippen LogP contribution in [0, 0.1) is 12.7 Å². The molecule has 0 aliphatic rings. The first-order valence-electron chi connectivity index (χ1n) is 6.07.